The second kappa shape index (κ2) is 9.99. The van der Waals surface area contributed by atoms with E-state index in [1.165, 1.54) is 38.2 Å². The molecule has 0 spiro atoms. The smallest absolute Gasteiger partial charge is 0.191 e. The molecular formula is C20H32FN5O. The zero-order valence-corrected chi connectivity index (χ0v) is 16.3. The molecule has 1 aliphatic heterocycles. The Morgan fingerprint density at radius 2 is 2.04 bits per heavy atom. The van der Waals surface area contributed by atoms with Crippen LogP contribution in [0, 0.1) is 5.82 Å². The van der Waals surface area contributed by atoms with Crippen molar-refractivity contribution in [1.82, 2.24) is 20.5 Å². The summed E-state index contributed by atoms with van der Waals surface area (Å²) in [7, 11) is 0. The van der Waals surface area contributed by atoms with Crippen LogP contribution in [-0.4, -0.2) is 60.8 Å². The minimum Gasteiger partial charge on any atom is -0.379 e. The summed E-state index contributed by atoms with van der Waals surface area (Å²) in [5.74, 6) is 0.412. The lowest BCUT2D eigenvalue weighted by Gasteiger charge is -2.48. The monoisotopic (exact) mass is 377 g/mol. The standard InChI is InChI=1S/C20H32FN5O/c1-2-22-19(24-15-18-17(21)7-6-10-23-18)25-16-20(8-4-3-5-9-20)26-11-13-27-14-12-26/h6-7,10H,2-5,8-9,11-16H2,1H3,(H2,22,24,25). The number of rotatable bonds is 6. The minimum absolute atomic E-state index is 0.161. The number of halogens is 1. The number of morpholine rings is 1. The van der Waals surface area contributed by atoms with Crippen LogP contribution >= 0.6 is 0 Å². The van der Waals surface area contributed by atoms with Gasteiger partial charge in [-0.3, -0.25) is 9.88 Å². The highest BCUT2D eigenvalue weighted by molar-refractivity contribution is 5.79. The van der Waals surface area contributed by atoms with Crippen molar-refractivity contribution in [1.29, 1.82) is 0 Å². The van der Waals surface area contributed by atoms with E-state index in [9.17, 15) is 4.39 Å². The Hall–Kier alpha value is -1.73. The molecule has 1 aliphatic carbocycles. The summed E-state index contributed by atoms with van der Waals surface area (Å²) in [6, 6.07) is 3.02. The van der Waals surface area contributed by atoms with Gasteiger partial charge in [0.2, 0.25) is 0 Å². The molecule has 150 valence electrons. The van der Waals surface area contributed by atoms with Gasteiger partial charge in [0.1, 0.15) is 5.82 Å². The summed E-state index contributed by atoms with van der Waals surface area (Å²) in [6.07, 6.45) is 7.86. The summed E-state index contributed by atoms with van der Waals surface area (Å²) in [5, 5.41) is 6.80. The molecule has 0 radical (unpaired) electrons. The van der Waals surface area contributed by atoms with Crippen molar-refractivity contribution in [3.8, 4) is 0 Å². The third kappa shape index (κ3) is 5.39. The van der Waals surface area contributed by atoms with Crippen molar-refractivity contribution in [2.45, 2.75) is 51.1 Å². The molecule has 2 N–H and O–H groups in total. The van der Waals surface area contributed by atoms with Crippen LogP contribution in [0.2, 0.25) is 0 Å². The Bertz CT molecular complexity index is 612. The third-order valence-corrected chi connectivity index (χ3v) is 5.62. The van der Waals surface area contributed by atoms with E-state index in [-0.39, 0.29) is 17.9 Å². The van der Waals surface area contributed by atoms with Gasteiger partial charge in [0.05, 0.1) is 25.5 Å². The molecule has 6 nitrogen and oxygen atoms in total. The van der Waals surface area contributed by atoms with Gasteiger partial charge >= 0.3 is 0 Å². The predicted octanol–water partition coefficient (Wildman–Crippen LogP) is 2.31. The number of aliphatic imine (C=N–C) groups is 1. The zero-order valence-electron chi connectivity index (χ0n) is 16.3. The number of guanidine groups is 1. The first-order chi connectivity index (χ1) is 13.2. The molecule has 1 saturated heterocycles. The Morgan fingerprint density at radius 3 is 2.74 bits per heavy atom. The van der Waals surface area contributed by atoms with Crippen LogP contribution in [0.5, 0.6) is 0 Å². The fraction of sp³-hybridized carbons (Fsp3) is 0.700. The van der Waals surface area contributed by atoms with Gasteiger partial charge in [-0.2, -0.15) is 0 Å². The molecule has 7 heteroatoms. The summed E-state index contributed by atoms with van der Waals surface area (Å²) in [6.45, 7) is 7.50. The van der Waals surface area contributed by atoms with Crippen LogP contribution in [0.25, 0.3) is 0 Å². The number of ether oxygens (including phenoxy) is 1. The van der Waals surface area contributed by atoms with Gasteiger partial charge in [0, 0.05) is 37.9 Å². The Kier molecular flexibility index (Phi) is 7.41. The molecule has 2 fully saturated rings. The van der Waals surface area contributed by atoms with Crippen LogP contribution in [0.15, 0.2) is 23.3 Å². The molecule has 2 heterocycles. The van der Waals surface area contributed by atoms with Gasteiger partial charge in [0.15, 0.2) is 5.96 Å². The number of pyridine rings is 1. The first-order valence-electron chi connectivity index (χ1n) is 10.2. The van der Waals surface area contributed by atoms with Gasteiger partial charge in [-0.1, -0.05) is 19.3 Å². The van der Waals surface area contributed by atoms with Gasteiger partial charge < -0.3 is 15.4 Å². The normalized spacial score (nSPS) is 21.0. The summed E-state index contributed by atoms with van der Waals surface area (Å²) in [5.41, 5.74) is 0.532. The first kappa shape index (κ1) is 20.0. The lowest BCUT2D eigenvalue weighted by molar-refractivity contribution is -0.0352. The van der Waals surface area contributed by atoms with E-state index in [0.717, 1.165) is 45.4 Å². The number of nitrogens with zero attached hydrogens (tertiary/aromatic N) is 3. The van der Waals surface area contributed by atoms with Crippen LogP contribution in [0.4, 0.5) is 4.39 Å². The number of hydrogen-bond donors (Lipinski definition) is 2. The SMILES string of the molecule is CCNC(=NCc1ncccc1F)NCC1(N2CCOCC2)CCCCC1. The molecule has 2 aliphatic rings. The molecule has 1 saturated carbocycles. The molecule has 1 aromatic rings. The highest BCUT2D eigenvalue weighted by atomic mass is 19.1. The maximum absolute atomic E-state index is 13.8. The predicted molar refractivity (Wildman–Crippen MR) is 105 cm³/mol. The Balaban J connectivity index is 1.66. The van der Waals surface area contributed by atoms with Crippen molar-refractivity contribution < 1.29 is 9.13 Å². The summed E-state index contributed by atoms with van der Waals surface area (Å²) >= 11 is 0. The van der Waals surface area contributed by atoms with Gasteiger partial charge in [-0.25, -0.2) is 9.38 Å². The fourth-order valence-corrected chi connectivity index (χ4v) is 4.13. The van der Waals surface area contributed by atoms with Gasteiger partial charge in [-0.15, -0.1) is 0 Å². The second-order valence-electron chi connectivity index (χ2n) is 7.37. The Morgan fingerprint density at radius 1 is 1.26 bits per heavy atom. The van der Waals surface area contributed by atoms with Crippen LogP contribution in [0.3, 0.4) is 0 Å². The number of aromatic nitrogens is 1. The third-order valence-electron chi connectivity index (χ3n) is 5.62. The maximum Gasteiger partial charge on any atom is 0.191 e. The first-order valence-corrected chi connectivity index (χ1v) is 10.2. The largest absolute Gasteiger partial charge is 0.379 e. The number of nitrogens with one attached hydrogen (secondary N) is 2. The minimum atomic E-state index is -0.311. The lowest BCUT2D eigenvalue weighted by Crippen LogP contribution is -2.60. The van der Waals surface area contributed by atoms with Gasteiger partial charge in [0.25, 0.3) is 0 Å². The van der Waals surface area contributed by atoms with E-state index in [2.05, 4.69) is 25.5 Å². The summed E-state index contributed by atoms with van der Waals surface area (Å²) < 4.78 is 19.4. The van der Waals surface area contributed by atoms with Gasteiger partial charge in [-0.05, 0) is 31.9 Å². The quantitative estimate of drug-likeness (QED) is 0.588. The van der Waals surface area contributed by atoms with Crippen LogP contribution in [0.1, 0.15) is 44.7 Å². The van der Waals surface area contributed by atoms with Crippen molar-refractivity contribution >= 4 is 5.96 Å². The van der Waals surface area contributed by atoms with E-state index in [1.54, 1.807) is 12.3 Å². The molecule has 3 rings (SSSR count). The summed E-state index contributed by atoms with van der Waals surface area (Å²) in [4.78, 5) is 11.2. The zero-order chi connectivity index (χ0) is 19.0. The van der Waals surface area contributed by atoms with Crippen molar-refractivity contribution in [2.75, 3.05) is 39.4 Å². The molecule has 0 aromatic carbocycles. The number of hydrogen-bond acceptors (Lipinski definition) is 4. The van der Waals surface area contributed by atoms with Crippen molar-refractivity contribution in [3.63, 3.8) is 0 Å². The van der Waals surface area contributed by atoms with E-state index < -0.39 is 0 Å². The van der Waals surface area contributed by atoms with E-state index in [0.29, 0.717) is 5.69 Å². The average molecular weight is 378 g/mol. The van der Waals surface area contributed by atoms with E-state index >= 15 is 0 Å². The molecule has 0 bridgehead atoms. The van der Waals surface area contributed by atoms with E-state index in [4.69, 9.17) is 4.74 Å². The van der Waals surface area contributed by atoms with Crippen molar-refractivity contribution in [3.05, 3.63) is 29.8 Å². The molecular weight excluding hydrogens is 345 g/mol. The highest BCUT2D eigenvalue weighted by Gasteiger charge is 2.38. The van der Waals surface area contributed by atoms with Crippen LogP contribution in [-0.2, 0) is 11.3 Å². The maximum atomic E-state index is 13.8. The molecule has 27 heavy (non-hydrogen) atoms. The van der Waals surface area contributed by atoms with E-state index in [1.807, 2.05) is 6.92 Å². The average Bonchev–Trinajstić information content (AvgIpc) is 2.72. The molecule has 0 atom stereocenters. The van der Waals surface area contributed by atoms with Crippen LogP contribution < -0.4 is 10.6 Å². The highest BCUT2D eigenvalue weighted by Crippen LogP contribution is 2.33. The lowest BCUT2D eigenvalue weighted by atomic mass is 9.80. The fourth-order valence-electron chi connectivity index (χ4n) is 4.13. The molecule has 0 amide bonds. The molecule has 1 aromatic heterocycles. The molecule has 0 unspecified atom stereocenters. The van der Waals surface area contributed by atoms with Crippen molar-refractivity contribution in [2.24, 2.45) is 4.99 Å². The Labute approximate surface area is 161 Å². The second-order valence-corrected chi connectivity index (χ2v) is 7.37. The topological polar surface area (TPSA) is 61.8 Å².